The van der Waals surface area contributed by atoms with Gasteiger partial charge in [0, 0.05) is 24.3 Å². The van der Waals surface area contributed by atoms with Gasteiger partial charge in [0.2, 0.25) is 0 Å². The summed E-state index contributed by atoms with van der Waals surface area (Å²) in [4.78, 5) is 48.5. The van der Waals surface area contributed by atoms with Gasteiger partial charge in [0.25, 0.3) is 0 Å². The molecule has 0 N–H and O–H groups in total. The molecule has 0 amide bonds. The lowest BCUT2D eigenvalue weighted by Crippen LogP contribution is -2.30. The minimum absolute atomic E-state index is 0.0249. The molecule has 0 fully saturated rings. The Hall–Kier alpha value is -2.36. The first-order valence-electron chi connectivity index (χ1n) is 13.0. The standard InChI is InChI=1S/C30H42O4/c1-6-11-25(27(7-2)28(33)16-21(4)32)17-23-18-26-15-14-24(13-10-8-9-12-20(3)31)22(5)30(26)29(34)19-23/h8-9,14-15,23,25,27H,6-7,10-13,16-19H2,1-5H3. The highest BCUT2D eigenvalue weighted by Crippen LogP contribution is 2.37. The largest absolute Gasteiger partial charge is 0.300 e. The fourth-order valence-electron chi connectivity index (χ4n) is 5.64. The molecule has 1 aromatic rings. The number of benzene rings is 1. The number of carbonyl (C=O) groups is 4. The van der Waals surface area contributed by atoms with E-state index in [-0.39, 0.29) is 47.3 Å². The number of hydrogen-bond donors (Lipinski definition) is 0. The third-order valence-electron chi connectivity index (χ3n) is 7.22. The van der Waals surface area contributed by atoms with Gasteiger partial charge >= 0.3 is 0 Å². The second-order valence-electron chi connectivity index (χ2n) is 10.1. The van der Waals surface area contributed by atoms with Crippen LogP contribution in [0.15, 0.2) is 24.3 Å². The van der Waals surface area contributed by atoms with E-state index >= 15 is 0 Å². The molecule has 0 heterocycles. The lowest BCUT2D eigenvalue weighted by Gasteiger charge is -2.32. The molecule has 3 atom stereocenters. The molecule has 0 spiro atoms. The SMILES string of the molecule is CCCC(CC1CC(=O)c2c(ccc(CCC=CCC(C)=O)c2C)C1)C(CC)C(=O)CC(C)=O. The van der Waals surface area contributed by atoms with Gasteiger partial charge in [-0.1, -0.05) is 51.0 Å². The Morgan fingerprint density at radius 3 is 2.41 bits per heavy atom. The predicted molar refractivity (Wildman–Crippen MR) is 137 cm³/mol. The van der Waals surface area contributed by atoms with E-state index in [0.717, 1.165) is 61.6 Å². The molecule has 34 heavy (non-hydrogen) atoms. The monoisotopic (exact) mass is 466 g/mol. The molecule has 0 aromatic heterocycles. The summed E-state index contributed by atoms with van der Waals surface area (Å²) in [5.74, 6) is 0.751. The first kappa shape index (κ1) is 27.9. The van der Waals surface area contributed by atoms with Crippen molar-refractivity contribution in [2.75, 3.05) is 0 Å². The Kier molecular flexibility index (Phi) is 11.1. The van der Waals surface area contributed by atoms with Crippen LogP contribution in [0.2, 0.25) is 0 Å². The number of Topliss-reactive ketones (excluding diaryl/α,β-unsaturated/α-hetero) is 4. The molecule has 3 unspecified atom stereocenters. The normalized spacial score (nSPS) is 17.4. The van der Waals surface area contributed by atoms with Gasteiger partial charge in [0.1, 0.15) is 17.3 Å². The summed E-state index contributed by atoms with van der Waals surface area (Å²) in [7, 11) is 0. The highest BCUT2D eigenvalue weighted by molar-refractivity contribution is 6.00. The molecule has 0 bridgehead atoms. The van der Waals surface area contributed by atoms with E-state index in [2.05, 4.69) is 26.0 Å². The van der Waals surface area contributed by atoms with Crippen LogP contribution in [0.5, 0.6) is 0 Å². The van der Waals surface area contributed by atoms with Gasteiger partial charge in [-0.3, -0.25) is 19.2 Å². The summed E-state index contributed by atoms with van der Waals surface area (Å²) >= 11 is 0. The molecule has 4 nitrogen and oxygen atoms in total. The number of rotatable bonds is 14. The van der Waals surface area contributed by atoms with Crippen LogP contribution in [0.25, 0.3) is 0 Å². The number of fused-ring (bicyclic) bond motifs is 1. The summed E-state index contributed by atoms with van der Waals surface area (Å²) in [6, 6.07) is 4.27. The summed E-state index contributed by atoms with van der Waals surface area (Å²) in [5, 5.41) is 0. The predicted octanol–water partition coefficient (Wildman–Crippen LogP) is 6.59. The van der Waals surface area contributed by atoms with E-state index in [1.54, 1.807) is 6.92 Å². The zero-order valence-corrected chi connectivity index (χ0v) is 21.7. The first-order chi connectivity index (χ1) is 16.2. The molecule has 0 radical (unpaired) electrons. The zero-order chi connectivity index (χ0) is 25.3. The van der Waals surface area contributed by atoms with E-state index in [4.69, 9.17) is 0 Å². The fourth-order valence-corrected chi connectivity index (χ4v) is 5.64. The number of aryl methyl sites for hydroxylation is 1. The minimum atomic E-state index is -0.0967. The molecule has 4 heteroatoms. The lowest BCUT2D eigenvalue weighted by atomic mass is 9.72. The number of hydrogen-bond acceptors (Lipinski definition) is 4. The Bertz CT molecular complexity index is 924. The second kappa shape index (κ2) is 13.5. The molecule has 186 valence electrons. The first-order valence-corrected chi connectivity index (χ1v) is 13.0. The van der Waals surface area contributed by atoms with Crippen molar-refractivity contribution in [2.45, 2.75) is 98.8 Å². The summed E-state index contributed by atoms with van der Waals surface area (Å²) in [5.41, 5.74) is 4.32. The Balaban J connectivity index is 2.12. The molecule has 0 saturated heterocycles. The second-order valence-corrected chi connectivity index (χ2v) is 10.1. The van der Waals surface area contributed by atoms with Crippen LogP contribution in [0, 0.1) is 24.7 Å². The van der Waals surface area contributed by atoms with Crippen LogP contribution in [0.1, 0.15) is 106 Å². The third kappa shape index (κ3) is 7.85. The quantitative estimate of drug-likeness (QED) is 0.229. The lowest BCUT2D eigenvalue weighted by molar-refractivity contribution is -0.130. The van der Waals surface area contributed by atoms with Gasteiger partial charge in [0.15, 0.2) is 5.78 Å². The maximum absolute atomic E-state index is 13.2. The van der Waals surface area contributed by atoms with Crippen LogP contribution >= 0.6 is 0 Å². The van der Waals surface area contributed by atoms with E-state index in [1.807, 2.05) is 19.1 Å². The van der Waals surface area contributed by atoms with Crippen molar-refractivity contribution in [3.8, 4) is 0 Å². The summed E-state index contributed by atoms with van der Waals surface area (Å²) < 4.78 is 0. The van der Waals surface area contributed by atoms with Crippen LogP contribution in [-0.4, -0.2) is 23.1 Å². The van der Waals surface area contributed by atoms with Gasteiger partial charge in [-0.25, -0.2) is 0 Å². The number of ketones is 4. The molecular formula is C30H42O4. The topological polar surface area (TPSA) is 68.3 Å². The molecule has 1 aliphatic rings. The van der Waals surface area contributed by atoms with Gasteiger partial charge in [-0.05, 0) is 81.4 Å². The summed E-state index contributed by atoms with van der Waals surface area (Å²) in [6.07, 6.45) is 11.1. The average Bonchev–Trinajstić information content (AvgIpc) is 2.74. The molecule has 0 aliphatic heterocycles. The minimum Gasteiger partial charge on any atom is -0.300 e. The Labute approximate surface area is 205 Å². The van der Waals surface area contributed by atoms with E-state index in [0.29, 0.717) is 12.8 Å². The highest BCUT2D eigenvalue weighted by Gasteiger charge is 2.33. The Morgan fingerprint density at radius 2 is 1.79 bits per heavy atom. The zero-order valence-electron chi connectivity index (χ0n) is 21.7. The molecule has 1 aromatic carbocycles. The van der Waals surface area contributed by atoms with E-state index in [9.17, 15) is 19.2 Å². The van der Waals surface area contributed by atoms with Crippen molar-refractivity contribution in [2.24, 2.45) is 17.8 Å². The number of allylic oxidation sites excluding steroid dienone is 2. The van der Waals surface area contributed by atoms with Crippen molar-refractivity contribution in [1.82, 2.24) is 0 Å². The average molecular weight is 467 g/mol. The molecular weight excluding hydrogens is 424 g/mol. The fraction of sp³-hybridized carbons (Fsp3) is 0.600. The maximum atomic E-state index is 13.2. The smallest absolute Gasteiger partial charge is 0.163 e. The van der Waals surface area contributed by atoms with Gasteiger partial charge in [-0.15, -0.1) is 0 Å². The van der Waals surface area contributed by atoms with Crippen molar-refractivity contribution >= 4 is 23.1 Å². The van der Waals surface area contributed by atoms with Gasteiger partial charge < -0.3 is 0 Å². The summed E-state index contributed by atoms with van der Waals surface area (Å²) in [6.45, 7) is 9.30. The van der Waals surface area contributed by atoms with Crippen LogP contribution in [-0.2, 0) is 27.2 Å². The van der Waals surface area contributed by atoms with Crippen LogP contribution in [0.4, 0.5) is 0 Å². The van der Waals surface area contributed by atoms with E-state index < -0.39 is 0 Å². The van der Waals surface area contributed by atoms with Gasteiger partial charge in [0.05, 0.1) is 6.42 Å². The molecule has 1 aliphatic carbocycles. The van der Waals surface area contributed by atoms with Crippen molar-refractivity contribution < 1.29 is 19.2 Å². The maximum Gasteiger partial charge on any atom is 0.163 e. The van der Waals surface area contributed by atoms with Crippen LogP contribution in [0.3, 0.4) is 0 Å². The van der Waals surface area contributed by atoms with E-state index in [1.165, 1.54) is 12.5 Å². The molecule has 0 saturated carbocycles. The van der Waals surface area contributed by atoms with Crippen molar-refractivity contribution in [3.05, 3.63) is 46.5 Å². The van der Waals surface area contributed by atoms with Crippen molar-refractivity contribution in [1.29, 1.82) is 0 Å². The highest BCUT2D eigenvalue weighted by atomic mass is 16.1. The van der Waals surface area contributed by atoms with Crippen molar-refractivity contribution in [3.63, 3.8) is 0 Å². The Morgan fingerprint density at radius 1 is 1.06 bits per heavy atom. The van der Waals surface area contributed by atoms with Gasteiger partial charge in [-0.2, -0.15) is 0 Å². The third-order valence-corrected chi connectivity index (χ3v) is 7.22. The molecule has 2 rings (SSSR count). The van der Waals surface area contributed by atoms with Crippen LogP contribution < -0.4 is 0 Å². The number of carbonyl (C=O) groups excluding carboxylic acids is 4.